The first-order chi connectivity index (χ1) is 45.9. The Bertz CT molecular complexity index is 1910. The summed E-state index contributed by atoms with van der Waals surface area (Å²) in [7, 11) is 0. The van der Waals surface area contributed by atoms with E-state index in [1.54, 1.807) is 0 Å². The largest absolute Gasteiger partial charge is 0.477 e. The van der Waals surface area contributed by atoms with E-state index >= 15 is 0 Å². The summed E-state index contributed by atoms with van der Waals surface area (Å²) >= 11 is 0. The number of ether oxygens (including phenoxy) is 6. The molecule has 0 aromatic rings. The molecule has 23 heteroatoms. The lowest BCUT2D eigenvalue weighted by molar-refractivity contribution is -0.386. The van der Waals surface area contributed by atoms with Gasteiger partial charge in [-0.05, 0) is 12.8 Å². The Morgan fingerprint density at radius 2 is 0.916 bits per heavy atom. The molecule has 0 spiro atoms. The molecule has 23 nitrogen and oxygen atoms in total. The smallest absolute Gasteiger partial charge is 0.364 e. The molecule has 3 rings (SSSR count). The Hall–Kier alpha value is -2.27. The molecule has 3 aliphatic rings. The Balaban J connectivity index is 1.51. The Labute approximate surface area is 569 Å². The number of hydrogen-bond donors (Lipinski definition) is 14. The first-order valence-corrected chi connectivity index (χ1v) is 37.9. The molecule has 18 unspecified atom stereocenters. The molecule has 0 bridgehead atoms. The van der Waals surface area contributed by atoms with E-state index in [2.05, 4.69) is 24.5 Å². The van der Waals surface area contributed by atoms with Crippen LogP contribution in [0.2, 0.25) is 0 Å². The van der Waals surface area contributed by atoms with Gasteiger partial charge < -0.3 is 100 Å². The summed E-state index contributed by atoms with van der Waals surface area (Å²) in [5.74, 6) is -6.09. The number of carboxylic acid groups (broad SMARTS) is 1. The van der Waals surface area contributed by atoms with Crippen LogP contribution in [0.15, 0.2) is 0 Å². The van der Waals surface area contributed by atoms with Crippen LogP contribution in [0.3, 0.4) is 0 Å². The minimum absolute atomic E-state index is 0.229. The number of aliphatic carboxylic acids is 1. The summed E-state index contributed by atoms with van der Waals surface area (Å²) in [4.78, 5) is 38.6. The standard InChI is InChI=1S/C72H136N2O21/c1-4-6-8-10-12-14-16-18-20-21-22-23-24-25-26-27-28-29-30-31-32-34-36-38-40-42-44-46-59(82)74-53(54(79)45-43-41-39-37-35-33-19-17-15-13-11-9-7-5-2)51-90-69-64(86)63(85)66(58(50-77)92-69)93-70-65(87)68(62(84)57(49-76)91-70)95-72(71(88)89)47-55(80)60(73-52(3)78)67(94-72)61(83)56(81)48-75/h53-58,60-70,75-77,79-81,83-87H,4-51H2,1-3H3,(H,73,78)(H,74,82)(H,88,89). The second kappa shape index (κ2) is 52.7. The van der Waals surface area contributed by atoms with Gasteiger partial charge in [0.1, 0.15) is 67.1 Å². The van der Waals surface area contributed by atoms with Crippen LogP contribution in [0.5, 0.6) is 0 Å². The van der Waals surface area contributed by atoms with Crippen molar-refractivity contribution in [1.29, 1.82) is 0 Å². The van der Waals surface area contributed by atoms with Gasteiger partial charge >= 0.3 is 5.97 Å². The molecule has 3 aliphatic heterocycles. The number of amides is 2. The number of hydrogen-bond acceptors (Lipinski definition) is 20. The molecular formula is C72H136N2O21. The van der Waals surface area contributed by atoms with Crippen LogP contribution in [0.1, 0.15) is 303 Å². The molecule has 3 fully saturated rings. The van der Waals surface area contributed by atoms with Crippen molar-refractivity contribution in [3.05, 3.63) is 0 Å². The van der Waals surface area contributed by atoms with E-state index in [0.717, 1.165) is 51.9 Å². The second-order valence-corrected chi connectivity index (χ2v) is 27.9. The van der Waals surface area contributed by atoms with Crippen molar-refractivity contribution in [3.63, 3.8) is 0 Å². The van der Waals surface area contributed by atoms with Crippen molar-refractivity contribution in [3.8, 4) is 0 Å². The van der Waals surface area contributed by atoms with Crippen LogP contribution >= 0.6 is 0 Å². The number of aliphatic hydroxyl groups excluding tert-OH is 11. The first kappa shape index (κ1) is 86.9. The number of rotatable bonds is 59. The summed E-state index contributed by atoms with van der Waals surface area (Å²) < 4.78 is 34.9. The predicted octanol–water partition coefficient (Wildman–Crippen LogP) is 8.46. The van der Waals surface area contributed by atoms with Crippen LogP contribution in [0.25, 0.3) is 0 Å². The molecule has 0 aromatic carbocycles. The fourth-order valence-corrected chi connectivity index (χ4v) is 13.5. The van der Waals surface area contributed by atoms with Gasteiger partial charge in [-0.3, -0.25) is 9.59 Å². The first-order valence-electron chi connectivity index (χ1n) is 37.9. The van der Waals surface area contributed by atoms with Gasteiger partial charge in [0.05, 0.1) is 50.7 Å². The topological polar surface area (TPSA) is 373 Å². The normalized spacial score (nSPS) is 27.7. The van der Waals surface area contributed by atoms with Gasteiger partial charge in [-0.2, -0.15) is 0 Å². The Morgan fingerprint density at radius 1 is 0.505 bits per heavy atom. The third-order valence-electron chi connectivity index (χ3n) is 19.6. The Kier molecular flexibility index (Phi) is 48.2. The molecule has 18 atom stereocenters. The molecule has 0 aromatic heterocycles. The summed E-state index contributed by atoms with van der Waals surface area (Å²) in [6, 6.07) is -2.52. The van der Waals surface area contributed by atoms with Crippen LogP contribution < -0.4 is 10.6 Å². The lowest BCUT2D eigenvalue weighted by Gasteiger charge is -2.50. The van der Waals surface area contributed by atoms with E-state index in [0.29, 0.717) is 19.3 Å². The van der Waals surface area contributed by atoms with Crippen LogP contribution in [-0.4, -0.2) is 215 Å². The van der Waals surface area contributed by atoms with Gasteiger partial charge in [-0.25, -0.2) is 4.79 Å². The lowest BCUT2D eigenvalue weighted by Crippen LogP contribution is -2.70. The third-order valence-corrected chi connectivity index (χ3v) is 19.6. The summed E-state index contributed by atoms with van der Waals surface area (Å²) in [6.07, 6.45) is 22.6. The van der Waals surface area contributed by atoms with Crippen molar-refractivity contribution >= 4 is 17.8 Å². The molecule has 95 heavy (non-hydrogen) atoms. The number of carboxylic acids is 1. The summed E-state index contributed by atoms with van der Waals surface area (Å²) in [6.45, 7) is 2.24. The van der Waals surface area contributed by atoms with Crippen LogP contribution in [-0.2, 0) is 42.8 Å². The van der Waals surface area contributed by atoms with Crippen molar-refractivity contribution < 1.29 is 104 Å². The van der Waals surface area contributed by atoms with Crippen LogP contribution in [0.4, 0.5) is 0 Å². The van der Waals surface area contributed by atoms with Gasteiger partial charge in [-0.15, -0.1) is 0 Å². The van der Waals surface area contributed by atoms with Gasteiger partial charge in [0, 0.05) is 19.8 Å². The van der Waals surface area contributed by atoms with Gasteiger partial charge in [0.15, 0.2) is 12.6 Å². The highest BCUT2D eigenvalue weighted by atomic mass is 16.8. The zero-order chi connectivity index (χ0) is 69.6. The predicted molar refractivity (Wildman–Crippen MR) is 362 cm³/mol. The molecular weight excluding hydrogens is 1230 g/mol. The Morgan fingerprint density at radius 3 is 1.32 bits per heavy atom. The van der Waals surface area contributed by atoms with Crippen molar-refractivity contribution in [2.45, 2.75) is 413 Å². The number of carbonyl (C=O) groups excluding carboxylic acids is 2. The maximum Gasteiger partial charge on any atom is 0.364 e. The zero-order valence-electron chi connectivity index (χ0n) is 58.8. The van der Waals surface area contributed by atoms with E-state index in [-0.39, 0.29) is 18.9 Å². The molecule has 3 heterocycles. The third kappa shape index (κ3) is 34.3. The number of aliphatic hydroxyl groups is 11. The molecule has 560 valence electrons. The minimum atomic E-state index is -3.08. The maximum absolute atomic E-state index is 13.5. The fraction of sp³-hybridized carbons (Fsp3) is 0.958. The van der Waals surface area contributed by atoms with E-state index in [1.165, 1.54) is 205 Å². The van der Waals surface area contributed by atoms with Crippen LogP contribution in [0, 0.1) is 0 Å². The molecule has 0 aliphatic carbocycles. The van der Waals surface area contributed by atoms with Gasteiger partial charge in [-0.1, -0.05) is 271 Å². The van der Waals surface area contributed by atoms with Crippen molar-refractivity contribution in [2.24, 2.45) is 0 Å². The molecule has 0 radical (unpaired) electrons. The van der Waals surface area contributed by atoms with E-state index in [4.69, 9.17) is 28.4 Å². The number of unbranched alkanes of at least 4 members (excludes halogenated alkanes) is 39. The van der Waals surface area contributed by atoms with Crippen molar-refractivity contribution in [1.82, 2.24) is 10.6 Å². The van der Waals surface area contributed by atoms with Crippen molar-refractivity contribution in [2.75, 3.05) is 26.4 Å². The van der Waals surface area contributed by atoms with E-state index in [9.17, 15) is 75.7 Å². The zero-order valence-corrected chi connectivity index (χ0v) is 58.8. The second-order valence-electron chi connectivity index (χ2n) is 27.9. The number of nitrogens with one attached hydrogen (secondary N) is 2. The highest BCUT2D eigenvalue weighted by Crippen LogP contribution is 2.39. The minimum Gasteiger partial charge on any atom is -0.477 e. The summed E-state index contributed by atoms with van der Waals surface area (Å²) in [5, 5.41) is 136. The van der Waals surface area contributed by atoms with E-state index < -0.39 is 148 Å². The number of carbonyl (C=O) groups is 3. The highest BCUT2D eigenvalue weighted by molar-refractivity contribution is 5.77. The molecule has 2 amide bonds. The molecule has 0 saturated carbocycles. The molecule has 14 N–H and O–H groups in total. The fourth-order valence-electron chi connectivity index (χ4n) is 13.5. The average Bonchev–Trinajstić information content (AvgIpc) is 0.760. The van der Waals surface area contributed by atoms with Gasteiger partial charge in [0.2, 0.25) is 11.8 Å². The SMILES string of the molecule is CCCCCCCCCCCCCCCCCCCCCCCCCCCCCC(=O)NC(COC1OC(CO)C(OC2OC(CO)C(O)C(OC3(C(=O)O)CC(O)C(NC(C)=O)C(C(O)C(O)CO)O3)C2O)C(O)C1O)C(O)CCCCCCCCCCCCCCCC. The highest BCUT2D eigenvalue weighted by Gasteiger charge is 2.60. The lowest BCUT2D eigenvalue weighted by atomic mass is 9.88. The average molecular weight is 1370 g/mol. The molecule has 3 saturated heterocycles. The van der Waals surface area contributed by atoms with E-state index in [1.807, 2.05) is 0 Å². The van der Waals surface area contributed by atoms with Gasteiger partial charge in [0.25, 0.3) is 5.79 Å². The quantitative estimate of drug-likeness (QED) is 0.0254. The monoisotopic (exact) mass is 1360 g/mol. The summed E-state index contributed by atoms with van der Waals surface area (Å²) in [5.41, 5.74) is 0. The maximum atomic E-state index is 13.5.